The van der Waals surface area contributed by atoms with E-state index in [-0.39, 0.29) is 68.4 Å². The number of anilines is 1. The van der Waals surface area contributed by atoms with E-state index in [9.17, 15) is 33.6 Å². The number of nitrogens with one attached hydrogen (secondary N) is 3. The Kier molecular flexibility index (Phi) is 15.6. The smallest absolute Gasteiger partial charge is 0.429 e. The van der Waals surface area contributed by atoms with Gasteiger partial charge in [-0.2, -0.15) is 0 Å². The van der Waals surface area contributed by atoms with Crippen molar-refractivity contribution in [2.24, 2.45) is 17.6 Å². The molecule has 14 nitrogen and oxygen atoms in total. The minimum atomic E-state index is -0.855. The maximum atomic E-state index is 13.5. The summed E-state index contributed by atoms with van der Waals surface area (Å²) in [6.07, 6.45) is 3.95. The van der Waals surface area contributed by atoms with Gasteiger partial charge in [-0.05, 0) is 61.4 Å². The molecule has 0 aromatic heterocycles. The lowest BCUT2D eigenvalue weighted by molar-refractivity contribution is -0.137. The van der Waals surface area contributed by atoms with E-state index in [1.807, 2.05) is 0 Å². The lowest BCUT2D eigenvalue weighted by Crippen LogP contribution is -2.45. The van der Waals surface area contributed by atoms with Crippen LogP contribution in [0.4, 0.5) is 15.3 Å². The number of urea groups is 1. The number of ketones is 1. The van der Waals surface area contributed by atoms with Crippen molar-refractivity contribution >= 4 is 47.3 Å². The predicted octanol–water partition coefficient (Wildman–Crippen LogP) is 3.99. The molecular formula is C36H45N5O9. The summed E-state index contributed by atoms with van der Waals surface area (Å²) >= 11 is 0. The molecular weight excluding hydrogens is 646 g/mol. The first-order valence-electron chi connectivity index (χ1n) is 16.6. The quantitative estimate of drug-likeness (QED) is 0.0685. The fourth-order valence-corrected chi connectivity index (χ4v) is 5.19. The number of amides is 6. The Morgan fingerprint density at radius 3 is 2.18 bits per heavy atom. The van der Waals surface area contributed by atoms with Gasteiger partial charge in [0.25, 0.3) is 11.8 Å². The zero-order chi connectivity index (χ0) is 36.5. The fraction of sp³-hybridized carbons (Fsp3) is 0.417. The summed E-state index contributed by atoms with van der Waals surface area (Å²) in [5.74, 6) is -2.36. The summed E-state index contributed by atoms with van der Waals surface area (Å²) in [7, 11) is 0. The van der Waals surface area contributed by atoms with Crippen molar-refractivity contribution in [1.29, 1.82) is 0 Å². The minimum Gasteiger partial charge on any atom is -0.429 e. The van der Waals surface area contributed by atoms with Crippen molar-refractivity contribution in [2.45, 2.75) is 71.4 Å². The average Bonchev–Trinajstić information content (AvgIpc) is 3.40. The molecule has 6 amide bonds. The van der Waals surface area contributed by atoms with Crippen LogP contribution in [0.1, 0.15) is 64.4 Å². The van der Waals surface area contributed by atoms with E-state index in [2.05, 4.69) is 16.0 Å². The second-order valence-electron chi connectivity index (χ2n) is 12.2. The minimum absolute atomic E-state index is 0.0511. The van der Waals surface area contributed by atoms with Gasteiger partial charge in [-0.3, -0.25) is 28.9 Å². The largest absolute Gasteiger partial charge is 0.514 e. The standard InChI is InChI=1S/C36H45N5O9/c1-24(2)33(40-30(43)13-7-4-8-21-41-31(44)18-19-32(41)45)29(42)22-26(10-9-20-38-35(37)47)34(46)39-27-16-14-25(15-17-27)23-49-36(48)50-28-11-5-3-6-12-28/h3,5-6,11-12,14-19,24,26,33H,4,7-10,13,20-23H2,1-2H3,(H,39,46)(H,40,43)(H3,37,38,47)/t26-,33+/m1/s1. The SMILES string of the molecule is CC(C)[C@H](NC(=O)CCCCCN1C(=O)C=CC1=O)C(=O)C[C@@H](CCCNC(N)=O)C(=O)Nc1ccc(COC(=O)Oc2ccccc2)cc1. The second-order valence-corrected chi connectivity index (χ2v) is 12.2. The van der Waals surface area contributed by atoms with Crippen LogP contribution in [0, 0.1) is 11.8 Å². The highest BCUT2D eigenvalue weighted by atomic mass is 16.7. The van der Waals surface area contributed by atoms with Gasteiger partial charge < -0.3 is 31.2 Å². The van der Waals surface area contributed by atoms with Crippen molar-refractivity contribution in [1.82, 2.24) is 15.5 Å². The van der Waals surface area contributed by atoms with Gasteiger partial charge in [0.15, 0.2) is 5.78 Å². The number of ether oxygens (including phenoxy) is 2. The third-order valence-corrected chi connectivity index (χ3v) is 7.89. The van der Waals surface area contributed by atoms with Crippen LogP contribution in [0.3, 0.4) is 0 Å². The molecule has 0 unspecified atom stereocenters. The summed E-state index contributed by atoms with van der Waals surface area (Å²) in [5.41, 5.74) is 6.27. The predicted molar refractivity (Wildman–Crippen MR) is 183 cm³/mol. The maximum Gasteiger partial charge on any atom is 0.514 e. The van der Waals surface area contributed by atoms with Crippen LogP contribution in [0.2, 0.25) is 0 Å². The van der Waals surface area contributed by atoms with Crippen LogP contribution in [0.5, 0.6) is 5.75 Å². The topological polar surface area (TPSA) is 203 Å². The molecule has 5 N–H and O–H groups in total. The second kappa shape index (κ2) is 20.1. The van der Waals surface area contributed by atoms with E-state index in [4.69, 9.17) is 15.2 Å². The number of Topliss-reactive ketones (excluding diaryl/α,β-unsaturated/α-hetero) is 1. The number of nitrogens with zero attached hydrogens (tertiary/aromatic N) is 1. The molecule has 1 heterocycles. The van der Waals surface area contributed by atoms with Gasteiger partial charge in [-0.1, -0.05) is 50.6 Å². The number of hydrogen-bond acceptors (Lipinski definition) is 9. The molecule has 2 atom stereocenters. The van der Waals surface area contributed by atoms with Gasteiger partial charge in [-0.25, -0.2) is 9.59 Å². The molecule has 0 spiro atoms. The highest BCUT2D eigenvalue weighted by Gasteiger charge is 2.29. The van der Waals surface area contributed by atoms with Crippen molar-refractivity contribution in [2.75, 3.05) is 18.4 Å². The van der Waals surface area contributed by atoms with Crippen LogP contribution in [-0.4, -0.2) is 65.6 Å². The van der Waals surface area contributed by atoms with Crippen LogP contribution >= 0.6 is 0 Å². The molecule has 1 aliphatic rings. The van der Waals surface area contributed by atoms with Crippen molar-refractivity contribution in [3.05, 3.63) is 72.3 Å². The first-order valence-corrected chi connectivity index (χ1v) is 16.6. The van der Waals surface area contributed by atoms with E-state index < -0.39 is 30.1 Å². The summed E-state index contributed by atoms with van der Waals surface area (Å²) in [6.45, 7) is 4.06. The van der Waals surface area contributed by atoms with Crippen LogP contribution in [0.15, 0.2) is 66.7 Å². The van der Waals surface area contributed by atoms with Crippen LogP contribution in [0.25, 0.3) is 0 Å². The number of imide groups is 1. The summed E-state index contributed by atoms with van der Waals surface area (Å²) < 4.78 is 10.3. The number of para-hydroxylation sites is 1. The highest BCUT2D eigenvalue weighted by molar-refractivity contribution is 6.12. The highest BCUT2D eigenvalue weighted by Crippen LogP contribution is 2.20. The van der Waals surface area contributed by atoms with E-state index in [0.29, 0.717) is 42.7 Å². The number of rotatable bonds is 20. The molecule has 2 aromatic rings. The van der Waals surface area contributed by atoms with Crippen LogP contribution in [-0.2, 0) is 35.3 Å². The molecule has 268 valence electrons. The van der Waals surface area contributed by atoms with Crippen molar-refractivity contribution in [3.63, 3.8) is 0 Å². The van der Waals surface area contributed by atoms with Gasteiger partial charge in [0, 0.05) is 49.7 Å². The lowest BCUT2D eigenvalue weighted by atomic mass is 9.89. The van der Waals surface area contributed by atoms with Gasteiger partial charge in [0.05, 0.1) is 6.04 Å². The number of primary amides is 1. The molecule has 2 aromatic carbocycles. The zero-order valence-electron chi connectivity index (χ0n) is 28.4. The molecule has 0 fully saturated rings. The van der Waals surface area contributed by atoms with Gasteiger partial charge in [-0.15, -0.1) is 0 Å². The summed E-state index contributed by atoms with van der Waals surface area (Å²) in [5, 5.41) is 8.11. The Morgan fingerprint density at radius 1 is 0.860 bits per heavy atom. The van der Waals surface area contributed by atoms with Crippen molar-refractivity contribution in [3.8, 4) is 5.75 Å². The van der Waals surface area contributed by atoms with Crippen LogP contribution < -0.4 is 26.4 Å². The Hall–Kier alpha value is -5.53. The molecule has 14 heteroatoms. The lowest BCUT2D eigenvalue weighted by Gasteiger charge is -2.24. The van der Waals surface area contributed by atoms with E-state index in [0.717, 1.165) is 4.90 Å². The fourth-order valence-electron chi connectivity index (χ4n) is 5.19. The monoisotopic (exact) mass is 691 g/mol. The number of carbonyl (C=O) groups excluding carboxylic acids is 7. The normalized spacial score (nSPS) is 13.5. The van der Waals surface area contributed by atoms with Gasteiger partial charge in [0.2, 0.25) is 11.8 Å². The number of carbonyl (C=O) groups is 7. The zero-order valence-corrected chi connectivity index (χ0v) is 28.4. The molecule has 0 radical (unpaired) electrons. The molecule has 0 aliphatic carbocycles. The first kappa shape index (κ1) is 38.9. The number of nitrogens with two attached hydrogens (primary N) is 1. The Morgan fingerprint density at radius 2 is 1.54 bits per heavy atom. The summed E-state index contributed by atoms with van der Waals surface area (Å²) in [6, 6.07) is 13.6. The number of benzene rings is 2. The Labute approximate surface area is 291 Å². The van der Waals surface area contributed by atoms with Crippen molar-refractivity contribution < 1.29 is 43.0 Å². The molecule has 0 saturated heterocycles. The Bertz CT molecular complexity index is 1510. The van der Waals surface area contributed by atoms with E-state index in [1.165, 1.54) is 12.2 Å². The number of hydrogen-bond donors (Lipinski definition) is 4. The third kappa shape index (κ3) is 13.5. The molecule has 0 saturated carbocycles. The van der Waals surface area contributed by atoms with E-state index in [1.54, 1.807) is 68.4 Å². The van der Waals surface area contributed by atoms with Gasteiger partial charge >= 0.3 is 12.2 Å². The molecule has 0 bridgehead atoms. The maximum absolute atomic E-state index is 13.5. The number of unbranched alkanes of at least 4 members (excludes halogenated alkanes) is 2. The Balaban J connectivity index is 1.52. The molecule has 1 aliphatic heterocycles. The van der Waals surface area contributed by atoms with E-state index >= 15 is 0 Å². The third-order valence-electron chi connectivity index (χ3n) is 7.89. The van der Waals surface area contributed by atoms with Gasteiger partial charge in [0.1, 0.15) is 12.4 Å². The first-order chi connectivity index (χ1) is 23.9. The molecule has 50 heavy (non-hydrogen) atoms. The summed E-state index contributed by atoms with van der Waals surface area (Å²) in [4.78, 5) is 87.3. The molecule has 3 rings (SSSR count). The average molecular weight is 692 g/mol.